The fraction of sp³-hybridized carbons (Fsp3) is 0.645. The molecule has 5 rings (SSSR count). The Labute approximate surface area is 232 Å². The minimum atomic E-state index is -1.13. The topological polar surface area (TPSA) is 91.0 Å². The minimum absolute atomic E-state index is 0.0710. The molecule has 212 valence electrons. The third-order valence-corrected chi connectivity index (χ3v) is 9.45. The number of nitrogens with zero attached hydrogens (tertiary/aromatic N) is 2. The lowest BCUT2D eigenvalue weighted by molar-refractivity contribution is -0.141. The zero-order valence-corrected chi connectivity index (χ0v) is 24.2. The van der Waals surface area contributed by atoms with Crippen molar-refractivity contribution in [3.63, 3.8) is 0 Å². The summed E-state index contributed by atoms with van der Waals surface area (Å²) in [5.41, 5.74) is 1.69. The predicted octanol–water partition coefficient (Wildman–Crippen LogP) is 3.29. The number of ether oxygens (including phenoxy) is 1. The van der Waals surface area contributed by atoms with E-state index in [4.69, 9.17) is 4.74 Å². The van der Waals surface area contributed by atoms with Crippen molar-refractivity contribution in [1.29, 1.82) is 0 Å². The number of benzene rings is 1. The average Bonchev–Trinajstić information content (AvgIpc) is 3.49. The molecule has 1 aromatic rings. The van der Waals surface area contributed by atoms with Gasteiger partial charge in [0.2, 0.25) is 17.7 Å². The maximum atomic E-state index is 14.1. The maximum Gasteiger partial charge on any atom is 0.246 e. The van der Waals surface area contributed by atoms with Gasteiger partial charge < -0.3 is 25.2 Å². The van der Waals surface area contributed by atoms with Crippen LogP contribution in [0, 0.1) is 37.5 Å². The number of likely N-dealkylation sites (tertiary alicyclic amines) is 1. The molecule has 3 heterocycles. The lowest BCUT2D eigenvalue weighted by Crippen LogP contribution is -2.58. The molecule has 2 saturated heterocycles. The fourth-order valence-electron chi connectivity index (χ4n) is 7.38. The molecule has 4 aliphatic rings. The Hall–Kier alpha value is -2.71. The number of fused-ring (bicyclic) bond motifs is 1. The van der Waals surface area contributed by atoms with Gasteiger partial charge in [-0.3, -0.25) is 14.4 Å². The normalized spacial score (nSPS) is 35.0. The maximum absolute atomic E-state index is 14.1. The summed E-state index contributed by atoms with van der Waals surface area (Å²) in [4.78, 5) is 45.6. The van der Waals surface area contributed by atoms with Crippen LogP contribution in [-0.4, -0.2) is 78.5 Å². The summed E-state index contributed by atoms with van der Waals surface area (Å²) < 4.78 is 6.50. The van der Waals surface area contributed by atoms with E-state index in [0.717, 1.165) is 36.9 Å². The van der Waals surface area contributed by atoms with Gasteiger partial charge >= 0.3 is 0 Å². The molecule has 3 amide bonds. The molecule has 1 saturated carbocycles. The highest BCUT2D eigenvalue weighted by atomic mass is 16.5. The molecule has 3 aliphatic heterocycles. The van der Waals surface area contributed by atoms with Gasteiger partial charge in [-0.05, 0) is 82.4 Å². The first-order valence-electron chi connectivity index (χ1n) is 14.5. The molecule has 3 fully saturated rings. The van der Waals surface area contributed by atoms with Crippen LogP contribution < -0.4 is 10.6 Å². The second-order valence-corrected chi connectivity index (χ2v) is 12.6. The first-order chi connectivity index (χ1) is 18.5. The van der Waals surface area contributed by atoms with Gasteiger partial charge in [0, 0.05) is 18.3 Å². The average molecular weight is 537 g/mol. The number of hydrogen-bond donors (Lipinski definition) is 2. The predicted molar refractivity (Wildman–Crippen MR) is 151 cm³/mol. The van der Waals surface area contributed by atoms with Crippen molar-refractivity contribution in [2.24, 2.45) is 23.7 Å². The van der Waals surface area contributed by atoms with E-state index in [1.54, 1.807) is 4.90 Å². The van der Waals surface area contributed by atoms with Gasteiger partial charge in [0.05, 0.1) is 17.9 Å². The van der Waals surface area contributed by atoms with Gasteiger partial charge in [0.15, 0.2) is 0 Å². The lowest BCUT2D eigenvalue weighted by Gasteiger charge is -2.38. The smallest absolute Gasteiger partial charge is 0.246 e. The van der Waals surface area contributed by atoms with Crippen LogP contribution in [-0.2, 0) is 19.1 Å². The van der Waals surface area contributed by atoms with Crippen molar-refractivity contribution in [2.75, 3.05) is 32.5 Å². The molecule has 8 atom stereocenters. The molecular formula is C31H44N4O4. The van der Waals surface area contributed by atoms with Gasteiger partial charge in [-0.2, -0.15) is 0 Å². The Balaban J connectivity index is 1.43. The molecule has 8 heteroatoms. The molecule has 0 radical (unpaired) electrons. The number of carbonyl (C=O) groups is 3. The summed E-state index contributed by atoms with van der Waals surface area (Å²) in [7, 11) is 3.99. The minimum Gasteiger partial charge on any atom is -0.359 e. The number of carbonyl (C=O) groups excluding carboxylic acids is 3. The first kappa shape index (κ1) is 27.8. The molecule has 39 heavy (non-hydrogen) atoms. The van der Waals surface area contributed by atoms with Crippen molar-refractivity contribution in [3.8, 4) is 0 Å². The fourth-order valence-corrected chi connectivity index (χ4v) is 7.38. The molecule has 1 aliphatic carbocycles. The first-order valence-corrected chi connectivity index (χ1v) is 14.5. The number of anilines is 1. The van der Waals surface area contributed by atoms with Gasteiger partial charge in [-0.1, -0.05) is 44.9 Å². The standard InChI is InChI=1S/C31H44N4O4/c1-18-15-19(2)17-22(16-18)32-28(36)25-24-11-12-31(39-24)26(25)30(38)35(14-8-13-34(5)6)27(31)29(37)33-23-10-7-9-20(3)21(23)4/h11-12,15-17,20-21,23-27H,7-10,13-14H2,1-6H3,(H,32,36)(H,33,37)/t20?,21?,23?,24?,25?,26?,27?,31-/m0/s1. The van der Waals surface area contributed by atoms with Crippen LogP contribution >= 0.6 is 0 Å². The van der Waals surface area contributed by atoms with E-state index >= 15 is 0 Å². The highest BCUT2D eigenvalue weighted by Gasteiger charge is 2.72. The van der Waals surface area contributed by atoms with E-state index in [-0.39, 0.29) is 23.8 Å². The van der Waals surface area contributed by atoms with E-state index in [0.29, 0.717) is 24.1 Å². The van der Waals surface area contributed by atoms with Crippen LogP contribution in [0.15, 0.2) is 30.4 Å². The van der Waals surface area contributed by atoms with Crippen LogP contribution in [0.5, 0.6) is 0 Å². The Kier molecular flexibility index (Phi) is 7.63. The van der Waals surface area contributed by atoms with Crippen LogP contribution in [0.25, 0.3) is 0 Å². The van der Waals surface area contributed by atoms with Crippen molar-refractivity contribution in [2.45, 2.75) is 77.2 Å². The highest BCUT2D eigenvalue weighted by molar-refractivity contribution is 6.02. The number of nitrogens with one attached hydrogen (secondary N) is 2. The van der Waals surface area contributed by atoms with E-state index in [2.05, 4.69) is 35.4 Å². The van der Waals surface area contributed by atoms with E-state index < -0.39 is 29.6 Å². The number of rotatable bonds is 8. The van der Waals surface area contributed by atoms with Gasteiger partial charge in [0.1, 0.15) is 11.6 Å². The largest absolute Gasteiger partial charge is 0.359 e. The zero-order chi connectivity index (χ0) is 28.1. The SMILES string of the molecule is Cc1cc(C)cc(NC(=O)C2C3C=C[C@]4(O3)C2C(=O)N(CCCN(C)C)C4C(=O)NC2CCCC(C)C2C)c1. The summed E-state index contributed by atoms with van der Waals surface area (Å²) in [5, 5.41) is 6.36. The summed E-state index contributed by atoms with van der Waals surface area (Å²) in [6.07, 6.45) is 7.17. The molecule has 8 nitrogen and oxygen atoms in total. The zero-order valence-electron chi connectivity index (χ0n) is 24.2. The molecular weight excluding hydrogens is 492 g/mol. The summed E-state index contributed by atoms with van der Waals surface area (Å²) in [5.74, 6) is -1.08. The van der Waals surface area contributed by atoms with Gasteiger partial charge in [-0.25, -0.2) is 0 Å². The van der Waals surface area contributed by atoms with Gasteiger partial charge in [0.25, 0.3) is 0 Å². The monoisotopic (exact) mass is 536 g/mol. The molecule has 7 unspecified atom stereocenters. The lowest BCUT2D eigenvalue weighted by atomic mass is 9.73. The highest BCUT2D eigenvalue weighted by Crippen LogP contribution is 2.55. The molecule has 0 aromatic heterocycles. The van der Waals surface area contributed by atoms with Crippen molar-refractivity contribution < 1.29 is 19.1 Å². The van der Waals surface area contributed by atoms with Crippen molar-refractivity contribution in [3.05, 3.63) is 41.5 Å². The molecule has 1 aromatic carbocycles. The van der Waals surface area contributed by atoms with Crippen LogP contribution in [0.2, 0.25) is 0 Å². The molecule has 2 bridgehead atoms. The van der Waals surface area contributed by atoms with E-state index in [9.17, 15) is 14.4 Å². The van der Waals surface area contributed by atoms with Crippen molar-refractivity contribution >= 4 is 23.4 Å². The summed E-state index contributed by atoms with van der Waals surface area (Å²) in [6.45, 7) is 9.66. The summed E-state index contributed by atoms with van der Waals surface area (Å²) in [6, 6.07) is 5.19. The Morgan fingerprint density at radius 3 is 2.51 bits per heavy atom. The van der Waals surface area contributed by atoms with E-state index in [1.165, 1.54) is 6.42 Å². The number of amides is 3. The van der Waals surface area contributed by atoms with E-state index in [1.807, 2.05) is 52.2 Å². The van der Waals surface area contributed by atoms with Gasteiger partial charge in [-0.15, -0.1) is 0 Å². The van der Waals surface area contributed by atoms with Crippen LogP contribution in [0.4, 0.5) is 5.69 Å². The molecule has 2 N–H and O–H groups in total. The third-order valence-electron chi connectivity index (χ3n) is 9.45. The van der Waals surface area contributed by atoms with Crippen LogP contribution in [0.1, 0.15) is 50.7 Å². The molecule has 1 spiro atoms. The number of hydrogen-bond acceptors (Lipinski definition) is 5. The second-order valence-electron chi connectivity index (χ2n) is 12.6. The Morgan fingerprint density at radius 1 is 1.10 bits per heavy atom. The Bertz CT molecular complexity index is 1140. The number of aryl methyl sites for hydroxylation is 2. The quantitative estimate of drug-likeness (QED) is 0.498. The third kappa shape index (κ3) is 5.02. The second kappa shape index (κ2) is 10.7. The van der Waals surface area contributed by atoms with Crippen LogP contribution in [0.3, 0.4) is 0 Å². The van der Waals surface area contributed by atoms with Crippen molar-refractivity contribution in [1.82, 2.24) is 15.1 Å². The summed E-state index contributed by atoms with van der Waals surface area (Å²) >= 11 is 0. The Morgan fingerprint density at radius 2 is 1.82 bits per heavy atom.